The van der Waals surface area contributed by atoms with Crippen molar-refractivity contribution in [3.63, 3.8) is 0 Å². The number of imidazole rings is 1. The van der Waals surface area contributed by atoms with Gasteiger partial charge in [-0.2, -0.15) is 13.2 Å². The molecule has 0 unspecified atom stereocenters. The van der Waals surface area contributed by atoms with Gasteiger partial charge < -0.3 is 5.11 Å². The van der Waals surface area contributed by atoms with E-state index in [1.165, 1.54) is 44.3 Å². The molecule has 0 aliphatic rings. The van der Waals surface area contributed by atoms with Crippen molar-refractivity contribution in [1.29, 1.82) is 0 Å². The maximum atomic E-state index is 13.9. The highest BCUT2D eigenvalue weighted by molar-refractivity contribution is 5.76. The summed E-state index contributed by atoms with van der Waals surface area (Å²) in [7, 11) is 0. The zero-order valence-corrected chi connectivity index (χ0v) is 18.3. The van der Waals surface area contributed by atoms with Gasteiger partial charge in [-0.05, 0) is 56.2 Å². The van der Waals surface area contributed by atoms with Crippen LogP contribution < -0.4 is 0 Å². The van der Waals surface area contributed by atoms with E-state index in [9.17, 15) is 22.7 Å². The standard InChI is InChI=1S/C26H22F4N2O/c1-16-14-17(12-13-21(16)27)18-8-5-7-11-22(18)32-15-23(25(2,3)33)31-24(32)19-9-4-6-10-20(19)26(28,29)30/h4-15,33H,1-3H3. The first-order valence-corrected chi connectivity index (χ1v) is 10.3. The molecule has 0 spiro atoms. The van der Waals surface area contributed by atoms with E-state index in [-0.39, 0.29) is 22.9 Å². The Morgan fingerprint density at radius 1 is 0.879 bits per heavy atom. The molecule has 0 aliphatic heterocycles. The van der Waals surface area contributed by atoms with Gasteiger partial charge in [0.05, 0.1) is 16.9 Å². The van der Waals surface area contributed by atoms with Crippen LogP contribution in [0.3, 0.4) is 0 Å². The highest BCUT2D eigenvalue weighted by Gasteiger charge is 2.35. The molecule has 0 atom stereocenters. The number of rotatable bonds is 4. The molecule has 1 heterocycles. The van der Waals surface area contributed by atoms with Gasteiger partial charge >= 0.3 is 6.18 Å². The lowest BCUT2D eigenvalue weighted by Gasteiger charge is -2.16. The second-order valence-electron chi connectivity index (χ2n) is 8.40. The Labute approximate surface area is 189 Å². The first kappa shape index (κ1) is 22.7. The number of alkyl halides is 3. The molecule has 0 saturated carbocycles. The van der Waals surface area contributed by atoms with Gasteiger partial charge in [0, 0.05) is 17.3 Å². The van der Waals surface area contributed by atoms with E-state index >= 15 is 0 Å². The lowest BCUT2D eigenvalue weighted by Crippen LogP contribution is -2.15. The van der Waals surface area contributed by atoms with E-state index < -0.39 is 17.3 Å². The van der Waals surface area contributed by atoms with Crippen molar-refractivity contribution in [2.24, 2.45) is 0 Å². The van der Waals surface area contributed by atoms with E-state index in [4.69, 9.17) is 0 Å². The highest BCUT2D eigenvalue weighted by Crippen LogP contribution is 2.39. The molecule has 170 valence electrons. The first-order chi connectivity index (χ1) is 15.5. The van der Waals surface area contributed by atoms with Gasteiger partial charge in [0.1, 0.15) is 17.2 Å². The summed E-state index contributed by atoms with van der Waals surface area (Å²) < 4.78 is 56.9. The maximum Gasteiger partial charge on any atom is 0.417 e. The lowest BCUT2D eigenvalue weighted by atomic mass is 10.0. The summed E-state index contributed by atoms with van der Waals surface area (Å²) in [6.45, 7) is 4.69. The van der Waals surface area contributed by atoms with Crippen molar-refractivity contribution in [3.05, 3.63) is 95.6 Å². The SMILES string of the molecule is Cc1cc(-c2ccccc2-n2cc(C(C)(C)O)nc2-c2ccccc2C(F)(F)F)ccc1F. The third-order valence-corrected chi connectivity index (χ3v) is 5.44. The molecule has 33 heavy (non-hydrogen) atoms. The molecule has 4 rings (SSSR count). The Bertz CT molecular complexity index is 1320. The summed E-state index contributed by atoms with van der Waals surface area (Å²) in [5, 5.41) is 10.6. The minimum atomic E-state index is -4.59. The van der Waals surface area contributed by atoms with Gasteiger partial charge in [-0.15, -0.1) is 0 Å². The van der Waals surface area contributed by atoms with Crippen LogP contribution in [-0.4, -0.2) is 14.7 Å². The largest absolute Gasteiger partial charge is 0.417 e. The van der Waals surface area contributed by atoms with E-state index in [1.54, 1.807) is 41.8 Å². The summed E-state index contributed by atoms with van der Waals surface area (Å²) in [4.78, 5) is 4.42. The van der Waals surface area contributed by atoms with Crippen LogP contribution in [0.15, 0.2) is 72.9 Å². The Kier molecular flexibility index (Phi) is 5.62. The summed E-state index contributed by atoms with van der Waals surface area (Å²) in [6, 6.07) is 17.0. The molecule has 0 bridgehead atoms. The van der Waals surface area contributed by atoms with Crippen molar-refractivity contribution in [2.75, 3.05) is 0 Å². The molecular weight excluding hydrogens is 432 g/mol. The average Bonchev–Trinajstić information content (AvgIpc) is 3.21. The quantitative estimate of drug-likeness (QED) is 0.341. The smallest absolute Gasteiger partial charge is 0.384 e. The number of aryl methyl sites for hydroxylation is 1. The van der Waals surface area contributed by atoms with Crippen molar-refractivity contribution < 1.29 is 22.7 Å². The zero-order valence-electron chi connectivity index (χ0n) is 18.3. The summed E-state index contributed by atoms with van der Waals surface area (Å²) >= 11 is 0. The number of benzene rings is 3. The van der Waals surface area contributed by atoms with Crippen LogP contribution in [0.2, 0.25) is 0 Å². The molecule has 0 amide bonds. The van der Waals surface area contributed by atoms with Crippen LogP contribution in [0, 0.1) is 12.7 Å². The molecule has 0 fully saturated rings. The Morgan fingerprint density at radius 2 is 1.52 bits per heavy atom. The van der Waals surface area contributed by atoms with Crippen molar-refractivity contribution in [3.8, 4) is 28.2 Å². The van der Waals surface area contributed by atoms with Gasteiger partial charge in [-0.3, -0.25) is 4.57 Å². The van der Waals surface area contributed by atoms with Crippen LogP contribution in [0.25, 0.3) is 28.2 Å². The second-order valence-corrected chi connectivity index (χ2v) is 8.40. The molecule has 1 aromatic heterocycles. The summed E-state index contributed by atoms with van der Waals surface area (Å²) in [5.74, 6) is -0.297. The van der Waals surface area contributed by atoms with Crippen LogP contribution in [-0.2, 0) is 11.8 Å². The third-order valence-electron chi connectivity index (χ3n) is 5.44. The number of aliphatic hydroxyl groups is 1. The van der Waals surface area contributed by atoms with E-state index in [0.717, 1.165) is 6.07 Å². The molecule has 3 aromatic carbocycles. The lowest BCUT2D eigenvalue weighted by molar-refractivity contribution is -0.137. The number of hydrogen-bond donors (Lipinski definition) is 1. The van der Waals surface area contributed by atoms with E-state index in [2.05, 4.69) is 4.98 Å². The topological polar surface area (TPSA) is 38.0 Å². The van der Waals surface area contributed by atoms with Crippen molar-refractivity contribution in [1.82, 2.24) is 9.55 Å². The normalized spacial score (nSPS) is 12.2. The number of para-hydroxylation sites is 1. The fourth-order valence-electron chi connectivity index (χ4n) is 3.71. The minimum Gasteiger partial charge on any atom is -0.384 e. The fraction of sp³-hybridized carbons (Fsp3) is 0.192. The highest BCUT2D eigenvalue weighted by atomic mass is 19.4. The van der Waals surface area contributed by atoms with Crippen molar-refractivity contribution >= 4 is 0 Å². The minimum absolute atomic E-state index is 0.0475. The number of hydrogen-bond acceptors (Lipinski definition) is 2. The Hall–Kier alpha value is -3.45. The molecule has 0 aliphatic carbocycles. The van der Waals surface area contributed by atoms with Gasteiger partial charge in [-0.1, -0.05) is 42.5 Å². The molecule has 1 N–H and O–H groups in total. The Balaban J connectivity index is 2.02. The molecule has 4 aromatic rings. The number of nitrogens with zero attached hydrogens (tertiary/aromatic N) is 2. The average molecular weight is 454 g/mol. The summed E-state index contributed by atoms with van der Waals surface area (Å²) in [5.41, 5.74) is 0.309. The van der Waals surface area contributed by atoms with Crippen LogP contribution in [0.4, 0.5) is 17.6 Å². The second kappa shape index (κ2) is 8.15. The number of aromatic nitrogens is 2. The van der Waals surface area contributed by atoms with E-state index in [1.807, 2.05) is 6.07 Å². The predicted octanol–water partition coefficient (Wildman–Crippen LogP) is 6.90. The molecule has 7 heteroatoms. The Morgan fingerprint density at radius 3 is 2.15 bits per heavy atom. The summed E-state index contributed by atoms with van der Waals surface area (Å²) in [6.07, 6.45) is -3.05. The number of halogens is 4. The first-order valence-electron chi connectivity index (χ1n) is 10.3. The monoisotopic (exact) mass is 454 g/mol. The third kappa shape index (κ3) is 4.41. The van der Waals surface area contributed by atoms with Gasteiger partial charge in [0.2, 0.25) is 0 Å². The van der Waals surface area contributed by atoms with E-state index in [0.29, 0.717) is 22.4 Å². The van der Waals surface area contributed by atoms with Crippen LogP contribution >= 0.6 is 0 Å². The van der Waals surface area contributed by atoms with Gasteiger partial charge in [-0.25, -0.2) is 9.37 Å². The van der Waals surface area contributed by atoms with Crippen molar-refractivity contribution in [2.45, 2.75) is 32.5 Å². The molecule has 3 nitrogen and oxygen atoms in total. The van der Waals surface area contributed by atoms with Gasteiger partial charge in [0.15, 0.2) is 0 Å². The van der Waals surface area contributed by atoms with Crippen LogP contribution in [0.5, 0.6) is 0 Å². The molecule has 0 saturated heterocycles. The maximum absolute atomic E-state index is 13.9. The zero-order chi connectivity index (χ0) is 24.0. The van der Waals surface area contributed by atoms with Gasteiger partial charge in [0.25, 0.3) is 0 Å². The van der Waals surface area contributed by atoms with Crippen LogP contribution in [0.1, 0.15) is 30.7 Å². The predicted molar refractivity (Wildman–Crippen MR) is 119 cm³/mol. The fourth-order valence-corrected chi connectivity index (χ4v) is 3.71. The molecular formula is C26H22F4N2O. The molecule has 0 radical (unpaired) electrons.